The van der Waals surface area contributed by atoms with E-state index < -0.39 is 0 Å². The predicted molar refractivity (Wildman–Crippen MR) is 197 cm³/mol. The second kappa shape index (κ2) is 11.3. The molecule has 9 aromatic rings. The van der Waals surface area contributed by atoms with Crippen molar-refractivity contribution in [2.45, 2.75) is 0 Å². The Morgan fingerprint density at radius 1 is 0.340 bits per heavy atom. The molecule has 0 radical (unpaired) electrons. The van der Waals surface area contributed by atoms with Gasteiger partial charge < -0.3 is 0 Å². The van der Waals surface area contributed by atoms with Crippen molar-refractivity contribution in [2.75, 3.05) is 0 Å². The minimum Gasteiger partial charge on any atom is -0.236 e. The molecular weight excluding hydrogens is 569 g/mol. The van der Waals surface area contributed by atoms with Crippen LogP contribution in [0, 0.1) is 0 Å². The number of aromatic amines is 1. The first-order valence-electron chi connectivity index (χ1n) is 16.1. The summed E-state index contributed by atoms with van der Waals surface area (Å²) < 4.78 is 2.31. The van der Waals surface area contributed by atoms with Crippen LogP contribution >= 0.6 is 0 Å². The van der Waals surface area contributed by atoms with Gasteiger partial charge in [-0.15, -0.1) is 0 Å². The summed E-state index contributed by atoms with van der Waals surface area (Å²) in [6.07, 6.45) is 0. The van der Waals surface area contributed by atoms with Crippen LogP contribution in [0.15, 0.2) is 182 Å². The Labute approximate surface area is 273 Å². The number of H-pyrrole nitrogens is 1. The van der Waals surface area contributed by atoms with Crippen LogP contribution in [0.3, 0.4) is 0 Å². The number of aromatic nitrogens is 2. The zero-order chi connectivity index (χ0) is 31.2. The maximum absolute atomic E-state index is 3.69. The summed E-state index contributed by atoms with van der Waals surface area (Å²) in [7, 11) is 0. The molecule has 0 unspecified atom stereocenters. The van der Waals surface area contributed by atoms with Gasteiger partial charge in [0.2, 0.25) is 0 Å². The van der Waals surface area contributed by atoms with Crippen molar-refractivity contribution in [2.24, 2.45) is 0 Å². The summed E-state index contributed by atoms with van der Waals surface area (Å²) in [6.45, 7) is 0. The lowest BCUT2D eigenvalue weighted by Crippen LogP contribution is -2.31. The normalized spacial score (nSPS) is 11.4. The van der Waals surface area contributed by atoms with Gasteiger partial charge in [0.25, 0.3) is 5.82 Å². The van der Waals surface area contributed by atoms with Crippen molar-refractivity contribution in [3.8, 4) is 50.5 Å². The van der Waals surface area contributed by atoms with Crippen molar-refractivity contribution >= 4 is 32.6 Å². The number of para-hydroxylation sites is 3. The molecule has 0 saturated heterocycles. The van der Waals surface area contributed by atoms with Crippen LogP contribution in [-0.2, 0) is 0 Å². The van der Waals surface area contributed by atoms with E-state index in [1.54, 1.807) is 0 Å². The smallest absolute Gasteiger partial charge is 0.236 e. The summed E-state index contributed by atoms with van der Waals surface area (Å²) in [5, 5.41) is 5.05. The molecule has 0 bridgehead atoms. The Bertz CT molecular complexity index is 2530. The van der Waals surface area contributed by atoms with Crippen LogP contribution in [0.4, 0.5) is 0 Å². The minimum absolute atomic E-state index is 1.06. The molecule has 2 nitrogen and oxygen atoms in total. The van der Waals surface area contributed by atoms with Gasteiger partial charge in [-0.05, 0) is 97.4 Å². The topological polar surface area (TPSA) is 19.7 Å². The van der Waals surface area contributed by atoms with E-state index >= 15 is 0 Å². The van der Waals surface area contributed by atoms with E-state index in [1.807, 2.05) is 0 Å². The number of nitrogens with one attached hydrogen (secondary N) is 1. The molecule has 0 saturated carbocycles. The Kier molecular flexibility index (Phi) is 6.50. The van der Waals surface area contributed by atoms with Crippen LogP contribution in [0.5, 0.6) is 0 Å². The highest BCUT2D eigenvalue weighted by molar-refractivity contribution is 6.21. The average Bonchev–Trinajstić information content (AvgIpc) is 3.54. The molecule has 0 aliphatic rings. The lowest BCUT2D eigenvalue weighted by atomic mass is 9.85. The SMILES string of the molecule is c1ccc(-c2c3ccccc3c(-c3ccccc3)c3cc(-c4ccc(-c5[nH]c6ccccc6[n+]5-c5ccccc5)cc4)ccc23)cc1. The van der Waals surface area contributed by atoms with Crippen LogP contribution in [0.2, 0.25) is 0 Å². The number of imidazole rings is 1. The van der Waals surface area contributed by atoms with E-state index in [2.05, 4.69) is 192 Å². The van der Waals surface area contributed by atoms with Crippen molar-refractivity contribution in [3.63, 3.8) is 0 Å². The van der Waals surface area contributed by atoms with E-state index in [-0.39, 0.29) is 0 Å². The quantitative estimate of drug-likeness (QED) is 0.150. The number of rotatable bonds is 5. The first-order valence-corrected chi connectivity index (χ1v) is 16.1. The summed E-state index contributed by atoms with van der Waals surface area (Å²) in [4.78, 5) is 3.69. The summed E-state index contributed by atoms with van der Waals surface area (Å²) >= 11 is 0. The maximum Gasteiger partial charge on any atom is 0.292 e. The molecule has 9 rings (SSSR count). The van der Waals surface area contributed by atoms with Gasteiger partial charge in [0.1, 0.15) is 5.69 Å². The zero-order valence-corrected chi connectivity index (χ0v) is 25.8. The van der Waals surface area contributed by atoms with Gasteiger partial charge in [0, 0.05) is 0 Å². The average molecular weight is 600 g/mol. The van der Waals surface area contributed by atoms with E-state index in [1.165, 1.54) is 54.9 Å². The third-order valence-electron chi connectivity index (χ3n) is 9.28. The Morgan fingerprint density at radius 2 is 0.830 bits per heavy atom. The first-order chi connectivity index (χ1) is 23.3. The van der Waals surface area contributed by atoms with E-state index in [9.17, 15) is 0 Å². The van der Waals surface area contributed by atoms with Crippen LogP contribution in [0.1, 0.15) is 0 Å². The third kappa shape index (κ3) is 4.62. The van der Waals surface area contributed by atoms with Gasteiger partial charge in [-0.3, -0.25) is 0 Å². The Balaban J connectivity index is 1.23. The number of hydrogen-bond acceptors (Lipinski definition) is 0. The number of hydrogen-bond donors (Lipinski definition) is 1. The molecule has 47 heavy (non-hydrogen) atoms. The zero-order valence-electron chi connectivity index (χ0n) is 25.8. The van der Waals surface area contributed by atoms with Gasteiger partial charge in [0.05, 0.1) is 5.56 Å². The lowest BCUT2D eigenvalue weighted by molar-refractivity contribution is -0.554. The number of benzene rings is 8. The molecule has 1 N–H and O–H groups in total. The molecule has 8 aromatic carbocycles. The Hall–Kier alpha value is -6.25. The molecule has 0 aliphatic heterocycles. The van der Waals surface area contributed by atoms with Gasteiger partial charge >= 0.3 is 0 Å². The highest BCUT2D eigenvalue weighted by Gasteiger charge is 2.22. The van der Waals surface area contributed by atoms with Gasteiger partial charge in [-0.25, -0.2) is 4.98 Å². The molecule has 0 aliphatic carbocycles. The van der Waals surface area contributed by atoms with Gasteiger partial charge in [-0.2, -0.15) is 4.57 Å². The fourth-order valence-corrected chi connectivity index (χ4v) is 7.13. The summed E-state index contributed by atoms with van der Waals surface area (Å²) in [6, 6.07) is 65.5. The van der Waals surface area contributed by atoms with E-state index in [4.69, 9.17) is 0 Å². The van der Waals surface area contributed by atoms with Crippen molar-refractivity contribution in [1.29, 1.82) is 0 Å². The molecule has 2 heteroatoms. The number of fused-ring (bicyclic) bond motifs is 3. The molecule has 0 amide bonds. The van der Waals surface area contributed by atoms with Crippen LogP contribution < -0.4 is 4.57 Å². The molecule has 1 aromatic heterocycles. The molecule has 0 fully saturated rings. The van der Waals surface area contributed by atoms with Gasteiger partial charge in [0.15, 0.2) is 11.0 Å². The third-order valence-corrected chi connectivity index (χ3v) is 9.28. The Morgan fingerprint density at radius 3 is 1.49 bits per heavy atom. The molecule has 0 atom stereocenters. The predicted octanol–water partition coefficient (Wildman–Crippen LogP) is 11.4. The lowest BCUT2D eigenvalue weighted by Gasteiger charge is -2.18. The minimum atomic E-state index is 1.06. The summed E-state index contributed by atoms with van der Waals surface area (Å²) in [5.41, 5.74) is 11.9. The van der Waals surface area contributed by atoms with Crippen molar-refractivity contribution < 1.29 is 4.57 Å². The van der Waals surface area contributed by atoms with Crippen LogP contribution in [0.25, 0.3) is 83.0 Å². The fraction of sp³-hybridized carbons (Fsp3) is 0. The molecule has 220 valence electrons. The van der Waals surface area contributed by atoms with Crippen LogP contribution in [-0.4, -0.2) is 4.98 Å². The van der Waals surface area contributed by atoms with E-state index in [0.29, 0.717) is 0 Å². The second-order valence-corrected chi connectivity index (χ2v) is 12.0. The highest BCUT2D eigenvalue weighted by atomic mass is 15.1. The maximum atomic E-state index is 3.69. The number of nitrogens with zero attached hydrogens (tertiary/aromatic N) is 1. The highest BCUT2D eigenvalue weighted by Crippen LogP contribution is 2.44. The summed E-state index contributed by atoms with van der Waals surface area (Å²) in [5.74, 6) is 1.06. The monoisotopic (exact) mass is 599 g/mol. The fourth-order valence-electron chi connectivity index (χ4n) is 7.13. The molecule has 0 spiro atoms. The standard InChI is InChI=1S/C45H30N2/c1-4-14-32(15-5-1)43-37-20-10-11-21-38(37)44(33-16-6-2-7-17-33)40-30-35(28-29-39(40)43)31-24-26-34(27-25-31)45-46-41-22-12-13-23-42(41)47(45)36-18-8-3-9-19-36/h1-30H/p+1. The first kappa shape index (κ1) is 27.1. The van der Waals surface area contributed by atoms with Crippen molar-refractivity contribution in [3.05, 3.63) is 182 Å². The largest absolute Gasteiger partial charge is 0.292 e. The van der Waals surface area contributed by atoms with E-state index in [0.717, 1.165) is 28.1 Å². The van der Waals surface area contributed by atoms with Gasteiger partial charge in [-0.1, -0.05) is 140 Å². The van der Waals surface area contributed by atoms with Crippen molar-refractivity contribution in [1.82, 2.24) is 4.98 Å². The molecule has 1 heterocycles. The molecular formula is C45H31N2+. The second-order valence-electron chi connectivity index (χ2n) is 12.0.